The van der Waals surface area contributed by atoms with E-state index in [0.717, 1.165) is 12.5 Å². The van der Waals surface area contributed by atoms with Crippen LogP contribution >= 0.6 is 35.3 Å². The fourth-order valence-electron chi connectivity index (χ4n) is 1.71. The lowest BCUT2D eigenvalue weighted by atomic mass is 10.1. The minimum Gasteiger partial charge on any atom is -0.356 e. The van der Waals surface area contributed by atoms with Crippen LogP contribution in [-0.4, -0.2) is 40.8 Å². The van der Waals surface area contributed by atoms with Gasteiger partial charge >= 0.3 is 0 Å². The Balaban J connectivity index is 0.00000441. The zero-order valence-electron chi connectivity index (χ0n) is 14.0. The van der Waals surface area contributed by atoms with Crippen LogP contribution in [0.3, 0.4) is 0 Å². The van der Waals surface area contributed by atoms with Crippen LogP contribution in [0.1, 0.15) is 39.2 Å². The van der Waals surface area contributed by atoms with Crippen molar-refractivity contribution >= 4 is 52.1 Å². The van der Waals surface area contributed by atoms with Gasteiger partial charge in [-0.15, -0.1) is 24.0 Å². The molecule has 0 saturated heterocycles. The molecule has 0 radical (unpaired) electrons. The summed E-state index contributed by atoms with van der Waals surface area (Å²) in [6.45, 7) is 9.68. The molecule has 1 heterocycles. The van der Waals surface area contributed by atoms with E-state index in [4.69, 9.17) is 0 Å². The van der Waals surface area contributed by atoms with Gasteiger partial charge in [-0.1, -0.05) is 6.92 Å². The molecule has 2 N–H and O–H groups in total. The highest BCUT2D eigenvalue weighted by Crippen LogP contribution is 2.16. The Morgan fingerprint density at radius 2 is 2.09 bits per heavy atom. The first kappa shape index (κ1) is 21.9. The second-order valence-electron chi connectivity index (χ2n) is 6.00. The van der Waals surface area contributed by atoms with Gasteiger partial charge in [0.1, 0.15) is 0 Å². The molecule has 0 fully saturated rings. The molecule has 0 saturated carbocycles. The molecule has 1 aromatic rings. The van der Waals surface area contributed by atoms with Gasteiger partial charge in [-0.05, 0) is 49.1 Å². The van der Waals surface area contributed by atoms with Gasteiger partial charge in [0.15, 0.2) is 5.96 Å². The standard InChI is InChI=1S/C15H27N3OS2.HI/c1-12(13-6-8-20-11-13)10-18-14(16-5)17-7-9-21(19)15(2,3)4;/h6,8,11-12H,7,9-10H2,1-5H3,(H2,16,17,18);1H. The zero-order chi connectivity index (χ0) is 15.9. The smallest absolute Gasteiger partial charge is 0.191 e. The van der Waals surface area contributed by atoms with E-state index in [9.17, 15) is 4.21 Å². The second-order valence-corrected chi connectivity index (χ2v) is 9.10. The van der Waals surface area contributed by atoms with E-state index >= 15 is 0 Å². The number of aliphatic imine (C=N–C) groups is 1. The first-order valence-electron chi connectivity index (χ1n) is 7.19. The van der Waals surface area contributed by atoms with Crippen LogP contribution in [0.5, 0.6) is 0 Å². The molecule has 0 aromatic carbocycles. The predicted molar refractivity (Wildman–Crippen MR) is 110 cm³/mol. The third-order valence-electron chi connectivity index (χ3n) is 3.17. The molecule has 0 aliphatic rings. The number of thiophene rings is 1. The average molecular weight is 457 g/mol. The summed E-state index contributed by atoms with van der Waals surface area (Å²) in [5.41, 5.74) is 1.34. The van der Waals surface area contributed by atoms with Crippen molar-refractivity contribution in [2.45, 2.75) is 38.4 Å². The van der Waals surface area contributed by atoms with Gasteiger partial charge in [-0.3, -0.25) is 9.20 Å². The van der Waals surface area contributed by atoms with Gasteiger partial charge in [0.25, 0.3) is 0 Å². The van der Waals surface area contributed by atoms with E-state index in [1.807, 2.05) is 20.8 Å². The van der Waals surface area contributed by atoms with E-state index < -0.39 is 10.8 Å². The molecule has 0 amide bonds. The van der Waals surface area contributed by atoms with E-state index in [1.165, 1.54) is 5.56 Å². The number of nitrogens with zero attached hydrogens (tertiary/aromatic N) is 1. The van der Waals surface area contributed by atoms with Gasteiger partial charge in [0.05, 0.1) is 0 Å². The number of guanidine groups is 1. The van der Waals surface area contributed by atoms with Gasteiger partial charge in [0, 0.05) is 41.4 Å². The molecule has 2 unspecified atom stereocenters. The van der Waals surface area contributed by atoms with Crippen LogP contribution in [0.4, 0.5) is 0 Å². The monoisotopic (exact) mass is 457 g/mol. The molecule has 2 atom stereocenters. The fourth-order valence-corrected chi connectivity index (χ4v) is 3.39. The van der Waals surface area contributed by atoms with Crippen LogP contribution in [0.2, 0.25) is 0 Å². The molecular weight excluding hydrogens is 429 g/mol. The number of hydrogen-bond donors (Lipinski definition) is 2. The Hall–Kier alpha value is -0.150. The van der Waals surface area contributed by atoms with E-state index in [2.05, 4.69) is 39.4 Å². The fraction of sp³-hybridized carbons (Fsp3) is 0.667. The molecule has 1 aromatic heterocycles. The molecule has 0 bridgehead atoms. The van der Waals surface area contributed by atoms with Crippen molar-refractivity contribution in [2.75, 3.05) is 25.9 Å². The molecule has 22 heavy (non-hydrogen) atoms. The highest BCUT2D eigenvalue weighted by molar-refractivity contribution is 14.0. The topological polar surface area (TPSA) is 53.5 Å². The summed E-state index contributed by atoms with van der Waals surface area (Å²) in [5.74, 6) is 1.84. The van der Waals surface area contributed by atoms with Crippen LogP contribution in [0, 0.1) is 0 Å². The minimum atomic E-state index is -0.837. The molecule has 7 heteroatoms. The summed E-state index contributed by atoms with van der Waals surface area (Å²) in [6.07, 6.45) is 0. The number of halogens is 1. The number of rotatable bonds is 6. The zero-order valence-corrected chi connectivity index (χ0v) is 18.0. The van der Waals surface area contributed by atoms with Crippen molar-refractivity contribution in [2.24, 2.45) is 4.99 Å². The quantitative estimate of drug-likeness (QED) is 0.392. The molecule has 0 aliphatic carbocycles. The maximum absolute atomic E-state index is 12.0. The third-order valence-corrected chi connectivity index (χ3v) is 5.82. The minimum absolute atomic E-state index is 0. The van der Waals surface area contributed by atoms with Gasteiger partial charge in [-0.25, -0.2) is 0 Å². The number of hydrogen-bond acceptors (Lipinski definition) is 3. The first-order valence-corrected chi connectivity index (χ1v) is 9.46. The van der Waals surface area contributed by atoms with Crippen LogP contribution in [0.15, 0.2) is 21.8 Å². The summed E-state index contributed by atoms with van der Waals surface area (Å²) >= 11 is 1.72. The molecule has 4 nitrogen and oxygen atoms in total. The second kappa shape index (κ2) is 10.6. The molecule has 1 rings (SSSR count). The van der Waals surface area contributed by atoms with Crippen LogP contribution in [0.25, 0.3) is 0 Å². The lowest BCUT2D eigenvalue weighted by Gasteiger charge is -2.19. The van der Waals surface area contributed by atoms with Gasteiger partial charge in [0.2, 0.25) is 0 Å². The maximum Gasteiger partial charge on any atom is 0.191 e. The highest BCUT2D eigenvalue weighted by atomic mass is 127. The lowest BCUT2D eigenvalue weighted by Crippen LogP contribution is -2.41. The summed E-state index contributed by atoms with van der Waals surface area (Å²) < 4.78 is 11.8. The summed E-state index contributed by atoms with van der Waals surface area (Å²) in [6, 6.07) is 2.15. The lowest BCUT2D eigenvalue weighted by molar-refractivity contribution is 0.646. The third kappa shape index (κ3) is 7.92. The number of nitrogens with one attached hydrogen (secondary N) is 2. The van der Waals surface area contributed by atoms with Crippen LogP contribution < -0.4 is 10.6 Å². The summed E-state index contributed by atoms with van der Waals surface area (Å²) in [4.78, 5) is 4.20. The highest BCUT2D eigenvalue weighted by Gasteiger charge is 2.18. The van der Waals surface area contributed by atoms with E-state index in [0.29, 0.717) is 18.2 Å². The molecular formula is C15H28IN3OS2. The average Bonchev–Trinajstić information content (AvgIpc) is 2.95. The SMILES string of the molecule is CN=C(NCCS(=O)C(C)(C)C)NCC(C)c1ccsc1.I. The van der Waals surface area contributed by atoms with Gasteiger partial charge in [-0.2, -0.15) is 11.3 Å². The normalized spacial score (nSPS) is 14.9. The first-order chi connectivity index (χ1) is 9.84. The summed E-state index contributed by atoms with van der Waals surface area (Å²) in [5, 5.41) is 10.8. The maximum atomic E-state index is 12.0. The molecule has 128 valence electrons. The van der Waals surface area contributed by atoms with Crippen molar-refractivity contribution in [1.29, 1.82) is 0 Å². The van der Waals surface area contributed by atoms with Crippen molar-refractivity contribution < 1.29 is 4.21 Å². The van der Waals surface area contributed by atoms with E-state index in [-0.39, 0.29) is 28.7 Å². The summed E-state index contributed by atoms with van der Waals surface area (Å²) in [7, 11) is 0.919. The predicted octanol–water partition coefficient (Wildman–Crippen LogP) is 3.18. The Kier molecular flexibility index (Phi) is 10.5. The van der Waals surface area contributed by atoms with Gasteiger partial charge < -0.3 is 10.6 Å². The van der Waals surface area contributed by atoms with E-state index in [1.54, 1.807) is 18.4 Å². The van der Waals surface area contributed by atoms with Crippen molar-refractivity contribution in [3.63, 3.8) is 0 Å². The largest absolute Gasteiger partial charge is 0.356 e. The van der Waals surface area contributed by atoms with Crippen molar-refractivity contribution in [1.82, 2.24) is 10.6 Å². The van der Waals surface area contributed by atoms with Crippen molar-refractivity contribution in [3.05, 3.63) is 22.4 Å². The van der Waals surface area contributed by atoms with Crippen LogP contribution in [-0.2, 0) is 10.8 Å². The Morgan fingerprint density at radius 3 is 2.59 bits per heavy atom. The Morgan fingerprint density at radius 1 is 1.41 bits per heavy atom. The Labute approximate surface area is 158 Å². The van der Waals surface area contributed by atoms with Crippen molar-refractivity contribution in [3.8, 4) is 0 Å². The molecule has 0 aliphatic heterocycles. The Bertz CT molecular complexity index is 470. The molecule has 0 spiro atoms.